The minimum atomic E-state index is -4.54. The maximum atomic E-state index is 13.5. The first-order chi connectivity index (χ1) is 19.3. The topological polar surface area (TPSA) is 125 Å². The normalized spacial score (nSPS) is 17.2. The molecule has 1 fully saturated rings. The highest BCUT2D eigenvalue weighted by atomic mass is 19.4. The Morgan fingerprint density at radius 3 is 2.41 bits per heavy atom. The molecule has 1 heterocycles. The molecular formula is C28H32F3N5O5. The molecule has 1 saturated heterocycles. The number of rotatable bonds is 8. The van der Waals surface area contributed by atoms with Gasteiger partial charge in [0.05, 0.1) is 10.5 Å². The molecule has 2 N–H and O–H groups in total. The van der Waals surface area contributed by atoms with E-state index in [-0.39, 0.29) is 42.8 Å². The predicted molar refractivity (Wildman–Crippen MR) is 147 cm³/mol. The molecule has 0 aromatic heterocycles. The molecule has 2 aromatic carbocycles. The van der Waals surface area contributed by atoms with Crippen molar-refractivity contribution in [2.24, 2.45) is 5.92 Å². The molecule has 0 spiro atoms. The maximum absolute atomic E-state index is 13.5. The van der Waals surface area contributed by atoms with E-state index in [0.717, 1.165) is 12.1 Å². The number of benzene rings is 2. The molecule has 0 radical (unpaired) electrons. The van der Waals surface area contributed by atoms with Crippen LogP contribution >= 0.6 is 0 Å². The summed E-state index contributed by atoms with van der Waals surface area (Å²) in [6, 6.07) is 8.17. The first kappa shape index (κ1) is 31.1. The quantitative estimate of drug-likeness (QED) is 0.263. The molecule has 41 heavy (non-hydrogen) atoms. The molecule has 4 amide bonds. The summed E-state index contributed by atoms with van der Waals surface area (Å²) < 4.78 is 39.0. The Kier molecular flexibility index (Phi) is 10.1. The van der Waals surface area contributed by atoms with Crippen LogP contribution in [0.4, 0.5) is 29.3 Å². The third-order valence-electron chi connectivity index (χ3n) is 6.95. The van der Waals surface area contributed by atoms with E-state index >= 15 is 0 Å². The smallest absolute Gasteiger partial charge is 0.340 e. The van der Waals surface area contributed by atoms with Crippen LogP contribution in [0.25, 0.3) is 6.08 Å². The Hall–Kier alpha value is -4.42. The number of nitro benzene ring substituents is 1. The van der Waals surface area contributed by atoms with E-state index in [9.17, 15) is 37.7 Å². The summed E-state index contributed by atoms with van der Waals surface area (Å²) in [4.78, 5) is 52.2. The molecule has 0 bridgehead atoms. The number of piperazine rings is 1. The fraction of sp³-hybridized carbons (Fsp3) is 0.393. The van der Waals surface area contributed by atoms with Crippen molar-refractivity contribution in [3.8, 4) is 0 Å². The second-order valence-electron chi connectivity index (χ2n) is 9.89. The minimum absolute atomic E-state index is 0.0110. The summed E-state index contributed by atoms with van der Waals surface area (Å²) in [6.45, 7) is 5.97. The summed E-state index contributed by atoms with van der Waals surface area (Å²) in [7, 11) is 0. The zero-order valence-corrected chi connectivity index (χ0v) is 22.9. The Labute approximate surface area is 235 Å². The third kappa shape index (κ3) is 8.29. The van der Waals surface area contributed by atoms with Gasteiger partial charge in [-0.25, -0.2) is 4.79 Å². The number of carbonyl (C=O) groups is 3. The van der Waals surface area contributed by atoms with Crippen molar-refractivity contribution < 1.29 is 32.5 Å². The van der Waals surface area contributed by atoms with Crippen LogP contribution in [-0.4, -0.2) is 64.3 Å². The van der Waals surface area contributed by atoms with Gasteiger partial charge in [0, 0.05) is 49.6 Å². The first-order valence-electron chi connectivity index (χ1n) is 13.1. The lowest BCUT2D eigenvalue weighted by Crippen LogP contribution is -2.60. The van der Waals surface area contributed by atoms with Crippen molar-refractivity contribution in [3.05, 3.63) is 75.8 Å². The Morgan fingerprint density at radius 2 is 1.83 bits per heavy atom. The van der Waals surface area contributed by atoms with Crippen molar-refractivity contribution >= 4 is 35.3 Å². The average Bonchev–Trinajstić information content (AvgIpc) is 2.93. The maximum Gasteiger partial charge on any atom is 0.416 e. The summed E-state index contributed by atoms with van der Waals surface area (Å²) in [5, 5.41) is 16.1. The lowest BCUT2D eigenvalue weighted by Gasteiger charge is -2.41. The van der Waals surface area contributed by atoms with Gasteiger partial charge in [-0.15, -0.1) is 0 Å². The zero-order valence-electron chi connectivity index (χ0n) is 22.9. The number of anilines is 1. The van der Waals surface area contributed by atoms with E-state index in [2.05, 4.69) is 10.6 Å². The standard InChI is InChI=1S/C28H32F3N5O5/c1-4-18(2)25(33-24(37)13-10-20-8-11-23(12-9-20)36(40)41)26(38)34-14-15-35(19(3)17-34)27(39)32-22-7-5-6-21(16-22)28(29,30)31/h5-13,16,18-19,25H,4,14-15,17H2,1-3H3,(H,32,39)(H,33,37)/b13-10+. The van der Waals surface area contributed by atoms with Crippen LogP contribution in [0.1, 0.15) is 38.3 Å². The van der Waals surface area contributed by atoms with Gasteiger partial charge < -0.3 is 20.4 Å². The molecule has 1 aliphatic heterocycles. The minimum Gasteiger partial charge on any atom is -0.340 e. The lowest BCUT2D eigenvalue weighted by molar-refractivity contribution is -0.384. The highest BCUT2D eigenvalue weighted by Crippen LogP contribution is 2.30. The molecule has 220 valence electrons. The van der Waals surface area contributed by atoms with Crippen LogP contribution in [0.15, 0.2) is 54.6 Å². The fourth-order valence-corrected chi connectivity index (χ4v) is 4.39. The highest BCUT2D eigenvalue weighted by molar-refractivity contribution is 5.96. The van der Waals surface area contributed by atoms with E-state index < -0.39 is 40.7 Å². The van der Waals surface area contributed by atoms with E-state index in [1.165, 1.54) is 53.5 Å². The predicted octanol–water partition coefficient (Wildman–Crippen LogP) is 4.92. The van der Waals surface area contributed by atoms with Crippen molar-refractivity contribution in [2.75, 3.05) is 25.0 Å². The summed E-state index contributed by atoms with van der Waals surface area (Å²) in [6.07, 6.45) is -1.19. The molecule has 3 unspecified atom stereocenters. The molecule has 10 nitrogen and oxygen atoms in total. The van der Waals surface area contributed by atoms with Gasteiger partial charge in [-0.1, -0.05) is 26.3 Å². The number of carbonyl (C=O) groups excluding carboxylic acids is 3. The third-order valence-corrected chi connectivity index (χ3v) is 6.95. The lowest BCUT2D eigenvalue weighted by atomic mass is 9.97. The van der Waals surface area contributed by atoms with Crippen molar-refractivity contribution in [1.82, 2.24) is 15.1 Å². The molecule has 3 rings (SSSR count). The summed E-state index contributed by atoms with van der Waals surface area (Å²) in [5.74, 6) is -1.01. The van der Waals surface area contributed by atoms with Gasteiger partial charge in [-0.3, -0.25) is 19.7 Å². The Bertz CT molecular complexity index is 1300. The number of non-ortho nitro benzene ring substituents is 1. The number of urea groups is 1. The second-order valence-corrected chi connectivity index (χ2v) is 9.89. The second kappa shape index (κ2) is 13.3. The van der Waals surface area contributed by atoms with Crippen LogP contribution in [0.3, 0.4) is 0 Å². The van der Waals surface area contributed by atoms with E-state index in [1.54, 1.807) is 11.8 Å². The Morgan fingerprint density at radius 1 is 1.15 bits per heavy atom. The van der Waals surface area contributed by atoms with E-state index in [0.29, 0.717) is 12.0 Å². The van der Waals surface area contributed by atoms with Gasteiger partial charge >= 0.3 is 12.2 Å². The van der Waals surface area contributed by atoms with Crippen molar-refractivity contribution in [2.45, 2.75) is 45.5 Å². The number of nitro groups is 1. The van der Waals surface area contributed by atoms with Gasteiger partial charge in [0.2, 0.25) is 11.8 Å². The van der Waals surface area contributed by atoms with E-state index in [4.69, 9.17) is 0 Å². The molecular weight excluding hydrogens is 543 g/mol. The monoisotopic (exact) mass is 575 g/mol. The molecule has 3 atom stereocenters. The number of hydrogen-bond donors (Lipinski definition) is 2. The van der Waals surface area contributed by atoms with Gasteiger partial charge in [0.15, 0.2) is 0 Å². The van der Waals surface area contributed by atoms with Gasteiger partial charge in [0.1, 0.15) is 6.04 Å². The van der Waals surface area contributed by atoms with Crippen LogP contribution in [0.2, 0.25) is 0 Å². The molecule has 13 heteroatoms. The number of hydrogen-bond acceptors (Lipinski definition) is 5. The molecule has 2 aromatic rings. The van der Waals surface area contributed by atoms with E-state index in [1.807, 2.05) is 13.8 Å². The zero-order chi connectivity index (χ0) is 30.3. The number of amides is 4. The number of nitrogens with zero attached hydrogens (tertiary/aromatic N) is 3. The molecule has 1 aliphatic rings. The Balaban J connectivity index is 1.62. The van der Waals surface area contributed by atoms with Gasteiger partial charge in [-0.05, 0) is 54.8 Å². The molecule has 0 saturated carbocycles. The summed E-state index contributed by atoms with van der Waals surface area (Å²) in [5.41, 5.74) is -0.363. The average molecular weight is 576 g/mol. The first-order valence-corrected chi connectivity index (χ1v) is 13.1. The van der Waals surface area contributed by atoms with Crippen LogP contribution in [0.5, 0.6) is 0 Å². The highest BCUT2D eigenvalue weighted by Gasteiger charge is 2.35. The van der Waals surface area contributed by atoms with Gasteiger partial charge in [-0.2, -0.15) is 13.2 Å². The fourth-order valence-electron chi connectivity index (χ4n) is 4.39. The number of halogens is 3. The van der Waals surface area contributed by atoms with Crippen LogP contribution in [-0.2, 0) is 15.8 Å². The number of alkyl halides is 3. The SMILES string of the molecule is CCC(C)C(NC(=O)/C=C/c1ccc([N+](=O)[O-])cc1)C(=O)N1CCN(C(=O)Nc2cccc(C(F)(F)F)c2)C(C)C1. The van der Waals surface area contributed by atoms with Crippen molar-refractivity contribution in [1.29, 1.82) is 0 Å². The largest absolute Gasteiger partial charge is 0.416 e. The van der Waals surface area contributed by atoms with Crippen LogP contribution in [0, 0.1) is 16.0 Å². The van der Waals surface area contributed by atoms with Crippen LogP contribution < -0.4 is 10.6 Å². The number of nitrogens with one attached hydrogen (secondary N) is 2. The van der Waals surface area contributed by atoms with Gasteiger partial charge in [0.25, 0.3) is 5.69 Å². The summed E-state index contributed by atoms with van der Waals surface area (Å²) >= 11 is 0. The molecule has 0 aliphatic carbocycles. The van der Waals surface area contributed by atoms with Crippen molar-refractivity contribution in [3.63, 3.8) is 0 Å².